The molecule has 1 aliphatic rings. The predicted molar refractivity (Wildman–Crippen MR) is 138 cm³/mol. The molecule has 0 bridgehead atoms. The summed E-state index contributed by atoms with van der Waals surface area (Å²) >= 11 is 0. The molecule has 7 nitrogen and oxygen atoms in total. The molecule has 7 heteroatoms. The topological polar surface area (TPSA) is 68.7 Å². The number of aromatic nitrogens is 2. The van der Waals surface area contributed by atoms with E-state index in [2.05, 4.69) is 27.2 Å². The third-order valence-electron chi connectivity index (χ3n) is 6.34. The van der Waals surface area contributed by atoms with Crippen LogP contribution in [0.15, 0.2) is 73.1 Å². The number of fused-ring (bicyclic) bond motifs is 1. The first-order chi connectivity index (χ1) is 17.2. The van der Waals surface area contributed by atoms with Crippen molar-refractivity contribution < 1.29 is 14.2 Å². The van der Waals surface area contributed by atoms with Crippen LogP contribution in [0, 0.1) is 5.92 Å². The zero-order chi connectivity index (χ0) is 24.0. The maximum atomic E-state index is 6.19. The highest BCUT2D eigenvalue weighted by atomic mass is 16.5. The average Bonchev–Trinajstić information content (AvgIpc) is 2.90. The van der Waals surface area contributed by atoms with E-state index in [1.807, 2.05) is 66.7 Å². The van der Waals surface area contributed by atoms with E-state index in [0.29, 0.717) is 29.8 Å². The molecule has 3 aromatic carbocycles. The summed E-state index contributed by atoms with van der Waals surface area (Å²) in [6.45, 7) is 2.91. The van der Waals surface area contributed by atoms with E-state index >= 15 is 0 Å². The van der Waals surface area contributed by atoms with Gasteiger partial charge in [-0.05, 0) is 87.4 Å². The molecule has 0 atom stereocenters. The Kier molecular flexibility index (Phi) is 6.95. The van der Waals surface area contributed by atoms with Gasteiger partial charge >= 0.3 is 0 Å². The average molecular weight is 471 g/mol. The summed E-state index contributed by atoms with van der Waals surface area (Å²) in [6, 6.07) is 21.4. The molecule has 35 heavy (non-hydrogen) atoms. The molecule has 4 aromatic rings. The standard InChI is InChI=1S/C28H30N4O3/c1-32-16-14-20(15-17-32)18-34-25-13-12-24-26(27(25)33-2)29-19-30-28(24)31-21-8-10-23(11-9-21)35-22-6-4-3-5-7-22/h3-13,19-20H,14-18H2,1-2H3,(H,29,30,31). The van der Waals surface area contributed by atoms with E-state index < -0.39 is 0 Å². The zero-order valence-corrected chi connectivity index (χ0v) is 20.1. The monoisotopic (exact) mass is 470 g/mol. The number of nitrogens with one attached hydrogen (secondary N) is 1. The van der Waals surface area contributed by atoms with Crippen LogP contribution in [0.1, 0.15) is 12.8 Å². The smallest absolute Gasteiger partial charge is 0.187 e. The molecule has 1 aromatic heterocycles. The van der Waals surface area contributed by atoms with E-state index in [1.54, 1.807) is 13.4 Å². The van der Waals surface area contributed by atoms with Crippen LogP contribution in [0.2, 0.25) is 0 Å². The molecular weight excluding hydrogens is 440 g/mol. The number of anilines is 2. The van der Waals surface area contributed by atoms with Crippen LogP contribution in [0.3, 0.4) is 0 Å². The van der Waals surface area contributed by atoms with Gasteiger partial charge in [0.25, 0.3) is 0 Å². The molecule has 1 N–H and O–H groups in total. The van der Waals surface area contributed by atoms with Gasteiger partial charge in [-0.25, -0.2) is 9.97 Å². The van der Waals surface area contributed by atoms with E-state index in [1.165, 1.54) is 0 Å². The Bertz CT molecular complexity index is 1260. The highest BCUT2D eigenvalue weighted by molar-refractivity contribution is 5.95. The van der Waals surface area contributed by atoms with Crippen LogP contribution in [0.4, 0.5) is 11.5 Å². The van der Waals surface area contributed by atoms with Crippen LogP contribution in [0.5, 0.6) is 23.0 Å². The molecule has 0 aliphatic carbocycles. The number of rotatable bonds is 8. The van der Waals surface area contributed by atoms with Gasteiger partial charge in [0.05, 0.1) is 13.7 Å². The third-order valence-corrected chi connectivity index (χ3v) is 6.34. The summed E-state index contributed by atoms with van der Waals surface area (Å²) in [7, 11) is 3.82. The lowest BCUT2D eigenvalue weighted by molar-refractivity contribution is 0.157. The lowest BCUT2D eigenvalue weighted by Gasteiger charge is -2.28. The molecule has 1 aliphatic heterocycles. The van der Waals surface area contributed by atoms with Crippen molar-refractivity contribution in [2.75, 3.05) is 39.2 Å². The fourth-order valence-corrected chi connectivity index (χ4v) is 4.30. The molecule has 0 saturated carbocycles. The molecule has 0 unspecified atom stereocenters. The SMILES string of the molecule is COc1c(OCC2CCN(C)CC2)ccc2c(Nc3ccc(Oc4ccccc4)cc3)ncnc12. The fourth-order valence-electron chi connectivity index (χ4n) is 4.30. The molecular formula is C28H30N4O3. The maximum absolute atomic E-state index is 6.19. The number of benzene rings is 3. The summed E-state index contributed by atoms with van der Waals surface area (Å²) < 4.78 is 17.8. The van der Waals surface area contributed by atoms with Gasteiger partial charge in [-0.3, -0.25) is 0 Å². The van der Waals surface area contributed by atoms with Crippen molar-refractivity contribution in [1.82, 2.24) is 14.9 Å². The number of piperidine rings is 1. The lowest BCUT2D eigenvalue weighted by Crippen LogP contribution is -2.32. The minimum atomic E-state index is 0.558. The quantitative estimate of drug-likeness (QED) is 0.344. The summed E-state index contributed by atoms with van der Waals surface area (Å²) in [5.74, 6) is 4.17. The predicted octanol–water partition coefficient (Wildman–Crippen LogP) is 5.89. The van der Waals surface area contributed by atoms with Gasteiger partial charge in [0, 0.05) is 11.1 Å². The summed E-state index contributed by atoms with van der Waals surface area (Å²) in [6.07, 6.45) is 3.84. The van der Waals surface area contributed by atoms with Crippen molar-refractivity contribution in [2.45, 2.75) is 12.8 Å². The number of hydrogen-bond acceptors (Lipinski definition) is 7. The second kappa shape index (κ2) is 10.6. The number of para-hydroxylation sites is 1. The first-order valence-electron chi connectivity index (χ1n) is 11.9. The lowest BCUT2D eigenvalue weighted by atomic mass is 9.98. The Balaban J connectivity index is 1.31. The Hall–Kier alpha value is -3.84. The van der Waals surface area contributed by atoms with Gasteiger partial charge < -0.3 is 24.4 Å². The molecule has 0 amide bonds. The second-order valence-corrected chi connectivity index (χ2v) is 8.84. The van der Waals surface area contributed by atoms with Crippen molar-refractivity contribution in [3.05, 3.63) is 73.1 Å². The summed E-state index contributed by atoms with van der Waals surface area (Å²) in [5.41, 5.74) is 1.61. The third kappa shape index (κ3) is 5.46. The highest BCUT2D eigenvalue weighted by Gasteiger charge is 2.19. The van der Waals surface area contributed by atoms with E-state index in [-0.39, 0.29) is 0 Å². The second-order valence-electron chi connectivity index (χ2n) is 8.84. The van der Waals surface area contributed by atoms with Crippen molar-refractivity contribution in [3.63, 3.8) is 0 Å². The molecule has 0 spiro atoms. The molecule has 1 fully saturated rings. The van der Waals surface area contributed by atoms with E-state index in [0.717, 1.165) is 54.0 Å². The Morgan fingerprint density at radius 2 is 1.66 bits per heavy atom. The largest absolute Gasteiger partial charge is 0.491 e. The number of hydrogen-bond donors (Lipinski definition) is 1. The molecule has 5 rings (SSSR count). The molecule has 1 saturated heterocycles. The minimum Gasteiger partial charge on any atom is -0.491 e. The highest BCUT2D eigenvalue weighted by Crippen LogP contribution is 2.37. The van der Waals surface area contributed by atoms with Crippen LogP contribution < -0.4 is 19.5 Å². The Morgan fingerprint density at radius 3 is 2.40 bits per heavy atom. The first kappa shape index (κ1) is 22.9. The van der Waals surface area contributed by atoms with Crippen molar-refractivity contribution in [2.24, 2.45) is 5.92 Å². The van der Waals surface area contributed by atoms with E-state index in [4.69, 9.17) is 14.2 Å². The number of nitrogens with zero attached hydrogens (tertiary/aromatic N) is 3. The maximum Gasteiger partial charge on any atom is 0.187 e. The fraction of sp³-hybridized carbons (Fsp3) is 0.286. The van der Waals surface area contributed by atoms with E-state index in [9.17, 15) is 0 Å². The zero-order valence-electron chi connectivity index (χ0n) is 20.1. The van der Waals surface area contributed by atoms with Crippen molar-refractivity contribution in [1.29, 1.82) is 0 Å². The van der Waals surface area contributed by atoms with Gasteiger partial charge in [-0.15, -0.1) is 0 Å². The Morgan fingerprint density at radius 1 is 0.914 bits per heavy atom. The van der Waals surface area contributed by atoms with Crippen LogP contribution in [-0.4, -0.2) is 48.7 Å². The van der Waals surface area contributed by atoms with Crippen molar-refractivity contribution in [3.8, 4) is 23.0 Å². The Labute approximate surface area is 205 Å². The van der Waals surface area contributed by atoms with Gasteiger partial charge in [0.1, 0.15) is 29.2 Å². The first-order valence-corrected chi connectivity index (χ1v) is 11.9. The van der Waals surface area contributed by atoms with Gasteiger partial charge in [-0.2, -0.15) is 0 Å². The van der Waals surface area contributed by atoms with Crippen LogP contribution >= 0.6 is 0 Å². The van der Waals surface area contributed by atoms with Crippen LogP contribution in [-0.2, 0) is 0 Å². The molecule has 2 heterocycles. The molecule has 0 radical (unpaired) electrons. The minimum absolute atomic E-state index is 0.558. The summed E-state index contributed by atoms with van der Waals surface area (Å²) in [4.78, 5) is 11.3. The van der Waals surface area contributed by atoms with Gasteiger partial charge in [0.2, 0.25) is 0 Å². The van der Waals surface area contributed by atoms with Crippen molar-refractivity contribution >= 4 is 22.4 Å². The van der Waals surface area contributed by atoms with Gasteiger partial charge in [-0.1, -0.05) is 18.2 Å². The normalized spacial score (nSPS) is 14.6. The van der Waals surface area contributed by atoms with Gasteiger partial charge in [0.15, 0.2) is 11.5 Å². The number of methoxy groups -OCH3 is 1. The molecule has 180 valence electrons. The summed E-state index contributed by atoms with van der Waals surface area (Å²) in [5, 5.41) is 4.25. The van der Waals surface area contributed by atoms with Crippen LogP contribution in [0.25, 0.3) is 10.9 Å². The number of ether oxygens (including phenoxy) is 3. The number of likely N-dealkylation sites (tertiary alicyclic amines) is 1.